The van der Waals surface area contributed by atoms with Crippen molar-refractivity contribution < 1.29 is 14.4 Å². The number of aryl methyl sites for hydroxylation is 1. The number of carbonyl (C=O) groups is 3. The zero-order valence-electron chi connectivity index (χ0n) is 23.6. The largest absolute Gasteiger partial charge is 0.350 e. The SMILES string of the molecule is CCNC(=O)N(N)C(=O)c1cnc(N2C[C@H](CC)N(C3CCN(C(=O)c4ccc(Cl)cc4)CC3)C[C@H]2C)c(C)n1. The normalized spacial score (nSPS) is 20.4. The van der Waals surface area contributed by atoms with Gasteiger partial charge in [-0.15, -0.1) is 0 Å². The fourth-order valence-corrected chi connectivity index (χ4v) is 5.78. The zero-order valence-corrected chi connectivity index (χ0v) is 24.4. The molecule has 4 rings (SSSR count). The van der Waals surface area contributed by atoms with Gasteiger partial charge in [-0.25, -0.2) is 20.6 Å². The average Bonchev–Trinajstić information content (AvgIpc) is 2.96. The molecule has 12 heteroatoms. The van der Waals surface area contributed by atoms with Crippen molar-refractivity contribution in [3.63, 3.8) is 0 Å². The van der Waals surface area contributed by atoms with E-state index in [0.29, 0.717) is 39.9 Å². The fourth-order valence-electron chi connectivity index (χ4n) is 5.66. The Hall–Kier alpha value is -3.28. The van der Waals surface area contributed by atoms with Crippen molar-refractivity contribution in [1.82, 2.24) is 30.1 Å². The first-order chi connectivity index (χ1) is 19.1. The maximum atomic E-state index is 13.0. The summed E-state index contributed by atoms with van der Waals surface area (Å²) in [7, 11) is 0. The van der Waals surface area contributed by atoms with Crippen LogP contribution in [0.25, 0.3) is 0 Å². The first-order valence-corrected chi connectivity index (χ1v) is 14.3. The van der Waals surface area contributed by atoms with E-state index in [1.54, 1.807) is 31.2 Å². The maximum Gasteiger partial charge on any atom is 0.339 e. The number of piperazine rings is 1. The molecule has 2 aromatic rings. The van der Waals surface area contributed by atoms with Crippen LogP contribution in [-0.4, -0.2) is 93.5 Å². The van der Waals surface area contributed by atoms with Gasteiger partial charge >= 0.3 is 6.03 Å². The number of hydrogen-bond acceptors (Lipinski definition) is 8. The molecule has 3 heterocycles. The standard InChI is InChI=1S/C28H39ClN8O3/c1-5-22-17-35(25-19(4)33-24(15-32-25)27(39)37(30)28(40)31-6-2)18(3)16-36(22)23-11-13-34(14-12-23)26(38)20-7-9-21(29)10-8-20/h7-10,15,18,22-23H,5-6,11-14,16-17,30H2,1-4H3,(H,31,40)/t18-,22+/m1/s1. The Morgan fingerprint density at radius 2 is 1.80 bits per heavy atom. The lowest BCUT2D eigenvalue weighted by molar-refractivity contribution is 0.0434. The highest BCUT2D eigenvalue weighted by Crippen LogP contribution is 2.29. The van der Waals surface area contributed by atoms with Gasteiger partial charge in [0.05, 0.1) is 11.9 Å². The number of nitrogens with one attached hydrogen (secondary N) is 1. The molecule has 0 radical (unpaired) electrons. The second-order valence-electron chi connectivity index (χ2n) is 10.5. The van der Waals surface area contributed by atoms with Crippen LogP contribution in [0.4, 0.5) is 10.6 Å². The van der Waals surface area contributed by atoms with Crippen molar-refractivity contribution in [2.24, 2.45) is 5.84 Å². The molecule has 2 fully saturated rings. The van der Waals surface area contributed by atoms with E-state index in [0.717, 1.165) is 51.3 Å². The molecule has 2 aliphatic heterocycles. The zero-order chi connectivity index (χ0) is 29.0. The molecule has 2 aliphatic rings. The van der Waals surface area contributed by atoms with Crippen molar-refractivity contribution in [3.8, 4) is 0 Å². The molecule has 0 aliphatic carbocycles. The highest BCUT2D eigenvalue weighted by molar-refractivity contribution is 6.30. The number of hydrazine groups is 1. The van der Waals surface area contributed by atoms with E-state index in [4.69, 9.17) is 17.4 Å². The number of nitrogens with two attached hydrogens (primary N) is 1. The van der Waals surface area contributed by atoms with E-state index < -0.39 is 11.9 Å². The molecule has 1 aromatic carbocycles. The van der Waals surface area contributed by atoms with E-state index in [9.17, 15) is 14.4 Å². The molecule has 3 N–H and O–H groups in total. The van der Waals surface area contributed by atoms with Gasteiger partial charge in [-0.1, -0.05) is 18.5 Å². The Kier molecular flexibility index (Phi) is 9.60. The van der Waals surface area contributed by atoms with E-state index >= 15 is 0 Å². The number of rotatable bonds is 6. The van der Waals surface area contributed by atoms with Crippen LogP contribution in [0.5, 0.6) is 0 Å². The minimum Gasteiger partial charge on any atom is -0.350 e. The number of aromatic nitrogens is 2. The number of anilines is 1. The topological polar surface area (TPSA) is 128 Å². The fraction of sp³-hybridized carbons (Fsp3) is 0.536. The van der Waals surface area contributed by atoms with Crippen molar-refractivity contribution in [1.29, 1.82) is 0 Å². The number of nitrogens with zero attached hydrogens (tertiary/aromatic N) is 6. The number of urea groups is 1. The van der Waals surface area contributed by atoms with Crippen molar-refractivity contribution in [3.05, 3.63) is 52.4 Å². The van der Waals surface area contributed by atoms with E-state index in [1.807, 2.05) is 11.8 Å². The Morgan fingerprint density at radius 1 is 1.12 bits per heavy atom. The van der Waals surface area contributed by atoms with Crippen LogP contribution >= 0.6 is 11.6 Å². The van der Waals surface area contributed by atoms with Gasteiger partial charge in [0.1, 0.15) is 11.5 Å². The van der Waals surface area contributed by atoms with Gasteiger partial charge < -0.3 is 15.1 Å². The van der Waals surface area contributed by atoms with Gasteiger partial charge in [0.15, 0.2) is 0 Å². The highest BCUT2D eigenvalue weighted by atomic mass is 35.5. The molecule has 216 valence electrons. The molecule has 0 saturated carbocycles. The van der Waals surface area contributed by atoms with E-state index in [-0.39, 0.29) is 17.6 Å². The van der Waals surface area contributed by atoms with Crippen LogP contribution in [0.1, 0.15) is 66.6 Å². The molecule has 0 spiro atoms. The average molecular weight is 571 g/mol. The van der Waals surface area contributed by atoms with E-state index in [1.165, 1.54) is 6.20 Å². The van der Waals surface area contributed by atoms with Crippen molar-refractivity contribution in [2.45, 2.75) is 65.1 Å². The van der Waals surface area contributed by atoms with Crippen LogP contribution in [0.2, 0.25) is 5.02 Å². The monoisotopic (exact) mass is 570 g/mol. The lowest BCUT2D eigenvalue weighted by Gasteiger charge is -2.50. The molecule has 1 aromatic heterocycles. The third kappa shape index (κ3) is 6.37. The number of benzene rings is 1. The summed E-state index contributed by atoms with van der Waals surface area (Å²) in [6, 6.07) is 7.29. The third-order valence-corrected chi connectivity index (χ3v) is 8.10. The number of hydrogen-bond donors (Lipinski definition) is 2. The van der Waals surface area contributed by atoms with Crippen LogP contribution in [0.3, 0.4) is 0 Å². The van der Waals surface area contributed by atoms with Gasteiger partial charge in [0, 0.05) is 61.4 Å². The van der Waals surface area contributed by atoms with Gasteiger partial charge in [0.2, 0.25) is 0 Å². The summed E-state index contributed by atoms with van der Waals surface area (Å²) in [5.74, 6) is 5.75. The third-order valence-electron chi connectivity index (χ3n) is 7.84. The molecule has 2 atom stereocenters. The van der Waals surface area contributed by atoms with Crippen LogP contribution in [0, 0.1) is 6.92 Å². The molecular weight excluding hydrogens is 532 g/mol. The van der Waals surface area contributed by atoms with Crippen LogP contribution in [-0.2, 0) is 0 Å². The van der Waals surface area contributed by atoms with Gasteiger partial charge in [0.25, 0.3) is 11.8 Å². The number of halogens is 1. The molecule has 4 amide bonds. The Bertz CT molecular complexity index is 1220. The highest BCUT2D eigenvalue weighted by Gasteiger charge is 2.38. The Balaban J connectivity index is 1.40. The molecule has 0 unspecified atom stereocenters. The molecule has 0 bridgehead atoms. The second-order valence-corrected chi connectivity index (χ2v) is 10.9. The van der Waals surface area contributed by atoms with Gasteiger partial charge in [-0.3, -0.25) is 14.5 Å². The number of amides is 4. The van der Waals surface area contributed by atoms with Crippen molar-refractivity contribution >= 4 is 35.3 Å². The summed E-state index contributed by atoms with van der Waals surface area (Å²) in [4.78, 5) is 53.4. The summed E-state index contributed by atoms with van der Waals surface area (Å²) in [5.41, 5.74) is 1.30. The summed E-state index contributed by atoms with van der Waals surface area (Å²) in [5, 5.41) is 3.64. The van der Waals surface area contributed by atoms with Gasteiger partial charge in [-0.05, 0) is 64.3 Å². The summed E-state index contributed by atoms with van der Waals surface area (Å²) >= 11 is 5.98. The first-order valence-electron chi connectivity index (χ1n) is 13.9. The predicted octanol–water partition coefficient (Wildman–Crippen LogP) is 3.08. The molecule has 2 saturated heterocycles. The summed E-state index contributed by atoms with van der Waals surface area (Å²) < 4.78 is 0. The smallest absolute Gasteiger partial charge is 0.339 e. The summed E-state index contributed by atoms with van der Waals surface area (Å²) in [6.45, 7) is 11.4. The quantitative estimate of drug-likeness (QED) is 0.308. The molecule has 40 heavy (non-hydrogen) atoms. The van der Waals surface area contributed by atoms with Crippen LogP contribution in [0.15, 0.2) is 30.5 Å². The lowest BCUT2D eigenvalue weighted by Crippen LogP contribution is -2.62. The molecular formula is C28H39ClN8O3. The second kappa shape index (κ2) is 12.9. The first kappa shape index (κ1) is 29.7. The molecule has 11 nitrogen and oxygen atoms in total. The predicted molar refractivity (Wildman–Crippen MR) is 154 cm³/mol. The van der Waals surface area contributed by atoms with Crippen LogP contribution < -0.4 is 16.1 Å². The minimum absolute atomic E-state index is 0.0215. The number of likely N-dealkylation sites (tertiary alicyclic amines) is 1. The summed E-state index contributed by atoms with van der Waals surface area (Å²) in [6.07, 6.45) is 4.22. The number of imide groups is 1. The minimum atomic E-state index is -0.710. The number of carbonyl (C=O) groups excluding carboxylic acids is 3. The Labute approximate surface area is 240 Å². The number of piperidine rings is 1. The lowest BCUT2D eigenvalue weighted by atomic mass is 9.96. The van der Waals surface area contributed by atoms with E-state index in [2.05, 4.69) is 38.9 Å². The Morgan fingerprint density at radius 3 is 2.40 bits per heavy atom. The van der Waals surface area contributed by atoms with Gasteiger partial charge in [-0.2, -0.15) is 5.01 Å². The van der Waals surface area contributed by atoms with Crippen molar-refractivity contribution in [2.75, 3.05) is 37.6 Å². The maximum absolute atomic E-state index is 13.0.